The Morgan fingerprint density at radius 2 is 2.38 bits per heavy atom. The molecule has 0 atom stereocenters. The molecule has 1 N–H and O–H groups in total. The van der Waals surface area contributed by atoms with Gasteiger partial charge in [0.15, 0.2) is 0 Å². The van der Waals surface area contributed by atoms with Gasteiger partial charge in [0.25, 0.3) is 5.56 Å². The summed E-state index contributed by atoms with van der Waals surface area (Å²) in [5.74, 6) is 0. The molecule has 0 radical (unpaired) electrons. The third-order valence-corrected chi connectivity index (χ3v) is 3.63. The molecule has 0 aliphatic carbocycles. The van der Waals surface area contributed by atoms with Gasteiger partial charge in [0.2, 0.25) is 0 Å². The number of nitrogens with one attached hydrogen (secondary N) is 1. The lowest BCUT2D eigenvalue weighted by molar-refractivity contribution is 0.889. The van der Waals surface area contributed by atoms with Crippen molar-refractivity contribution in [1.29, 1.82) is 0 Å². The van der Waals surface area contributed by atoms with Crippen LogP contribution in [0.25, 0.3) is 10.6 Å². The van der Waals surface area contributed by atoms with E-state index in [1.54, 1.807) is 0 Å². The van der Waals surface area contributed by atoms with Gasteiger partial charge >= 0.3 is 0 Å². The van der Waals surface area contributed by atoms with Gasteiger partial charge in [-0.1, -0.05) is 24.9 Å². The third-order valence-electron chi connectivity index (χ3n) is 2.28. The molecule has 0 aliphatic rings. The molecule has 0 saturated heterocycles. The fourth-order valence-corrected chi connectivity index (χ4v) is 2.74. The van der Waals surface area contributed by atoms with Crippen LogP contribution in [0.4, 0.5) is 0 Å². The van der Waals surface area contributed by atoms with Gasteiger partial charge in [-0.2, -0.15) is 0 Å². The molecule has 0 spiro atoms. The van der Waals surface area contributed by atoms with Crippen LogP contribution in [-0.4, -0.2) is 9.97 Å². The smallest absolute Gasteiger partial charge is 0.254 e. The van der Waals surface area contributed by atoms with Crippen molar-refractivity contribution in [3.63, 3.8) is 0 Å². The highest BCUT2D eigenvalue weighted by Gasteiger charge is 2.13. The largest absolute Gasteiger partial charge is 0.313 e. The van der Waals surface area contributed by atoms with Crippen LogP contribution in [0.2, 0.25) is 5.02 Å². The second-order valence-electron chi connectivity index (χ2n) is 3.41. The maximum atomic E-state index is 11.7. The van der Waals surface area contributed by atoms with Gasteiger partial charge in [-0.3, -0.25) is 4.79 Å². The Kier molecular flexibility index (Phi) is 3.41. The predicted molar refractivity (Wildman–Crippen MR) is 67.2 cm³/mol. The van der Waals surface area contributed by atoms with E-state index < -0.39 is 0 Å². The van der Waals surface area contributed by atoms with E-state index in [-0.39, 0.29) is 5.56 Å². The van der Waals surface area contributed by atoms with Crippen molar-refractivity contribution < 1.29 is 0 Å². The second kappa shape index (κ2) is 4.80. The summed E-state index contributed by atoms with van der Waals surface area (Å²) >= 11 is 7.56. The van der Waals surface area contributed by atoms with Gasteiger partial charge in [-0.05, 0) is 17.9 Å². The Bertz CT molecular complexity index is 547. The van der Waals surface area contributed by atoms with Crippen LogP contribution in [0.3, 0.4) is 0 Å². The highest BCUT2D eigenvalue weighted by atomic mass is 35.5. The van der Waals surface area contributed by atoms with Gasteiger partial charge < -0.3 is 4.98 Å². The standard InChI is InChI=1S/C11H11ClN2OS/c1-2-3-7-9(13-6-14-11(7)15)10-8(12)4-5-16-10/h4-6H,2-3H2,1H3,(H,13,14,15). The minimum atomic E-state index is -0.0729. The second-order valence-corrected chi connectivity index (χ2v) is 4.73. The Labute approximate surface area is 102 Å². The van der Waals surface area contributed by atoms with E-state index in [1.807, 2.05) is 18.4 Å². The average molecular weight is 255 g/mol. The van der Waals surface area contributed by atoms with E-state index in [0.29, 0.717) is 22.7 Å². The summed E-state index contributed by atoms with van der Waals surface area (Å²) in [6.07, 6.45) is 3.05. The minimum Gasteiger partial charge on any atom is -0.313 e. The molecule has 0 aromatic carbocycles. The molecule has 2 aromatic rings. The number of hydrogen-bond donors (Lipinski definition) is 1. The van der Waals surface area contributed by atoms with Gasteiger partial charge in [-0.15, -0.1) is 11.3 Å². The zero-order valence-electron chi connectivity index (χ0n) is 8.79. The van der Waals surface area contributed by atoms with Crippen molar-refractivity contribution in [2.45, 2.75) is 19.8 Å². The molecule has 0 unspecified atom stereocenters. The lowest BCUT2D eigenvalue weighted by atomic mass is 10.1. The Balaban J connectivity index is 2.61. The number of H-pyrrole nitrogens is 1. The van der Waals surface area contributed by atoms with Crippen LogP contribution < -0.4 is 5.56 Å². The molecule has 2 heterocycles. The van der Waals surface area contributed by atoms with E-state index in [4.69, 9.17) is 11.6 Å². The molecule has 0 fully saturated rings. The van der Waals surface area contributed by atoms with Crippen LogP contribution in [0.15, 0.2) is 22.6 Å². The van der Waals surface area contributed by atoms with Gasteiger partial charge in [-0.25, -0.2) is 4.98 Å². The zero-order valence-corrected chi connectivity index (χ0v) is 10.4. The SMILES string of the molecule is CCCc1c(-c2sccc2Cl)nc[nH]c1=O. The number of nitrogens with zero attached hydrogens (tertiary/aromatic N) is 1. The van der Waals surface area contributed by atoms with Crippen LogP contribution in [0.1, 0.15) is 18.9 Å². The van der Waals surface area contributed by atoms with E-state index in [0.717, 1.165) is 11.3 Å². The van der Waals surface area contributed by atoms with Crippen molar-refractivity contribution >= 4 is 22.9 Å². The number of aromatic amines is 1. The average Bonchev–Trinajstić information content (AvgIpc) is 2.68. The van der Waals surface area contributed by atoms with Crippen molar-refractivity contribution in [3.05, 3.63) is 38.7 Å². The summed E-state index contributed by atoms with van der Waals surface area (Å²) in [4.78, 5) is 19.4. The monoisotopic (exact) mass is 254 g/mol. The lowest BCUT2D eigenvalue weighted by Crippen LogP contribution is -2.14. The summed E-state index contributed by atoms with van der Waals surface area (Å²) in [5.41, 5.74) is 1.36. The van der Waals surface area contributed by atoms with E-state index in [9.17, 15) is 4.79 Å². The fourth-order valence-electron chi connectivity index (χ4n) is 1.57. The maximum Gasteiger partial charge on any atom is 0.254 e. The highest BCUT2D eigenvalue weighted by molar-refractivity contribution is 7.14. The first-order chi connectivity index (χ1) is 7.74. The zero-order chi connectivity index (χ0) is 11.5. The van der Waals surface area contributed by atoms with Crippen LogP contribution in [-0.2, 0) is 6.42 Å². The molecule has 0 saturated carbocycles. The molecule has 2 rings (SSSR count). The minimum absolute atomic E-state index is 0.0729. The van der Waals surface area contributed by atoms with Crippen LogP contribution in [0, 0.1) is 0 Å². The summed E-state index contributed by atoms with van der Waals surface area (Å²) in [6, 6.07) is 1.82. The molecule has 16 heavy (non-hydrogen) atoms. The van der Waals surface area contributed by atoms with Crippen LogP contribution in [0.5, 0.6) is 0 Å². The number of halogens is 1. The molecule has 2 aromatic heterocycles. The molecule has 0 aliphatic heterocycles. The molecular formula is C11H11ClN2OS. The summed E-state index contributed by atoms with van der Waals surface area (Å²) < 4.78 is 0. The van der Waals surface area contributed by atoms with E-state index in [1.165, 1.54) is 17.7 Å². The normalized spacial score (nSPS) is 10.6. The Morgan fingerprint density at radius 1 is 1.56 bits per heavy atom. The maximum absolute atomic E-state index is 11.7. The summed E-state index contributed by atoms with van der Waals surface area (Å²) in [7, 11) is 0. The van der Waals surface area contributed by atoms with Crippen LogP contribution >= 0.6 is 22.9 Å². The lowest BCUT2D eigenvalue weighted by Gasteiger charge is -2.04. The topological polar surface area (TPSA) is 45.8 Å². The summed E-state index contributed by atoms with van der Waals surface area (Å²) in [5, 5.41) is 2.55. The fraction of sp³-hybridized carbons (Fsp3) is 0.273. The summed E-state index contributed by atoms with van der Waals surface area (Å²) in [6.45, 7) is 2.03. The number of thiophene rings is 1. The van der Waals surface area contributed by atoms with E-state index in [2.05, 4.69) is 9.97 Å². The van der Waals surface area contributed by atoms with Crippen molar-refractivity contribution in [3.8, 4) is 10.6 Å². The number of aromatic nitrogens is 2. The highest BCUT2D eigenvalue weighted by Crippen LogP contribution is 2.32. The molecule has 3 nitrogen and oxygen atoms in total. The van der Waals surface area contributed by atoms with Crippen molar-refractivity contribution in [2.24, 2.45) is 0 Å². The first-order valence-corrected chi connectivity index (χ1v) is 6.29. The van der Waals surface area contributed by atoms with E-state index >= 15 is 0 Å². The predicted octanol–water partition coefficient (Wildman–Crippen LogP) is 3.10. The molecule has 5 heteroatoms. The van der Waals surface area contributed by atoms with Gasteiger partial charge in [0, 0.05) is 5.56 Å². The first-order valence-electron chi connectivity index (χ1n) is 5.04. The van der Waals surface area contributed by atoms with Crippen molar-refractivity contribution in [2.75, 3.05) is 0 Å². The molecule has 0 amide bonds. The molecular weight excluding hydrogens is 244 g/mol. The number of rotatable bonds is 3. The third kappa shape index (κ3) is 2.03. The molecule has 0 bridgehead atoms. The van der Waals surface area contributed by atoms with Gasteiger partial charge in [0.05, 0.1) is 21.9 Å². The number of hydrogen-bond acceptors (Lipinski definition) is 3. The molecule has 84 valence electrons. The Morgan fingerprint density at radius 3 is 3.00 bits per heavy atom. The van der Waals surface area contributed by atoms with Crippen molar-refractivity contribution in [1.82, 2.24) is 9.97 Å². The first kappa shape index (κ1) is 11.4. The van der Waals surface area contributed by atoms with Gasteiger partial charge in [0.1, 0.15) is 0 Å². The quantitative estimate of drug-likeness (QED) is 0.915. The Hall–Kier alpha value is -1.13.